The maximum atomic E-state index is 10.7. The van der Waals surface area contributed by atoms with Gasteiger partial charge in [0.15, 0.2) is 0 Å². The first-order valence-electron chi connectivity index (χ1n) is 0.975. The number of alkyl halides is 3. The molecule has 0 fully saturated rings. The summed E-state index contributed by atoms with van der Waals surface area (Å²) in [7, 11) is -0.118. The van der Waals surface area contributed by atoms with E-state index in [1.165, 1.54) is 0 Å². The van der Waals surface area contributed by atoms with E-state index in [0.29, 0.717) is 0 Å². The molecule has 5 heteroatoms. The molecule has 0 saturated heterocycles. The second-order valence-corrected chi connectivity index (χ2v) is 2.50. The molecule has 0 nitrogen and oxygen atoms in total. The standard InChI is InChI=1S/CF3GeS/c2-1(3,4)6-5. The summed E-state index contributed by atoms with van der Waals surface area (Å²) in [5.74, 6) is 0. The minimum atomic E-state index is -4.04. The topological polar surface area (TPSA) is 0 Å². The van der Waals surface area contributed by atoms with Crippen molar-refractivity contribution in [3.8, 4) is 0 Å². The van der Waals surface area contributed by atoms with Crippen LogP contribution in [0.3, 0.4) is 0 Å². The fraction of sp³-hybridized carbons (Fsp3) is 1.00. The van der Waals surface area contributed by atoms with Crippen molar-refractivity contribution in [1.29, 1.82) is 0 Å². The van der Waals surface area contributed by atoms with Gasteiger partial charge in [0.1, 0.15) is 0 Å². The van der Waals surface area contributed by atoms with Crippen LogP contribution < -0.4 is 0 Å². The normalized spacial score (nSPS) is 12.0. The molecule has 0 aliphatic rings. The molecule has 6 heavy (non-hydrogen) atoms. The van der Waals surface area contributed by atoms with Gasteiger partial charge in [0.25, 0.3) is 0 Å². The SMILES string of the molecule is FC(F)(F)[S][Ge]. The van der Waals surface area contributed by atoms with Gasteiger partial charge in [-0.05, 0) is 0 Å². The van der Waals surface area contributed by atoms with E-state index >= 15 is 0 Å². The Labute approximate surface area is 44.7 Å². The maximum absolute atomic E-state index is 10.7. The van der Waals surface area contributed by atoms with Crippen LogP contribution in [-0.4, -0.2) is 20.9 Å². The molecule has 0 aromatic rings. The van der Waals surface area contributed by atoms with Crippen LogP contribution in [0.15, 0.2) is 0 Å². The van der Waals surface area contributed by atoms with Gasteiger partial charge in [-0.1, -0.05) is 0 Å². The summed E-state index contributed by atoms with van der Waals surface area (Å²) in [4.78, 5) is 0. The van der Waals surface area contributed by atoms with E-state index in [1.807, 2.05) is 0 Å². The second kappa shape index (κ2) is 2.11. The van der Waals surface area contributed by atoms with Gasteiger partial charge in [-0.25, -0.2) is 0 Å². The molecule has 0 spiro atoms. The Bertz CT molecular complexity index is 40.5. The Morgan fingerprint density at radius 3 is 1.50 bits per heavy atom. The van der Waals surface area contributed by atoms with Crippen molar-refractivity contribution in [3.05, 3.63) is 0 Å². The fourth-order valence-corrected chi connectivity index (χ4v) is 0. The Morgan fingerprint density at radius 2 is 1.50 bits per heavy atom. The average Bonchev–Trinajstić information content (AvgIpc) is 1.35. The summed E-state index contributed by atoms with van der Waals surface area (Å²) in [5, 5.41) is 0. The van der Waals surface area contributed by atoms with Crippen molar-refractivity contribution in [3.63, 3.8) is 0 Å². The molecule has 35 valence electrons. The fourth-order valence-electron chi connectivity index (χ4n) is 0. The van der Waals surface area contributed by atoms with Gasteiger partial charge in [-0.3, -0.25) is 0 Å². The first-order chi connectivity index (χ1) is 2.56. The molecule has 0 bridgehead atoms. The molecule has 3 radical (unpaired) electrons. The molecule has 0 aliphatic carbocycles. The van der Waals surface area contributed by atoms with E-state index in [2.05, 4.69) is 0 Å². The summed E-state index contributed by atoms with van der Waals surface area (Å²) in [6.07, 6.45) is 0. The van der Waals surface area contributed by atoms with Gasteiger partial charge in [-0.15, -0.1) is 0 Å². The summed E-state index contributed by atoms with van der Waals surface area (Å²) in [6.45, 7) is 0. The summed E-state index contributed by atoms with van der Waals surface area (Å²) < 4.78 is 32.2. The molecule has 0 aliphatic heterocycles. The molecule has 0 aromatic heterocycles. The van der Waals surface area contributed by atoms with E-state index in [9.17, 15) is 13.2 Å². The number of hydrogen-bond donors (Lipinski definition) is 0. The molecule has 0 heterocycles. The number of rotatable bonds is 0. The zero-order chi connectivity index (χ0) is 5.21. The Kier molecular flexibility index (Phi) is 2.35. The van der Waals surface area contributed by atoms with Crippen LogP contribution >= 0.6 is 10.1 Å². The van der Waals surface area contributed by atoms with Gasteiger partial charge >= 0.3 is 44.1 Å². The third-order valence-corrected chi connectivity index (χ3v) is 1.80. The first kappa shape index (κ1) is 6.68. The monoisotopic (exact) mass is 175 g/mol. The van der Waals surface area contributed by atoms with Gasteiger partial charge < -0.3 is 0 Å². The molecular weight excluding hydrogens is 174 g/mol. The zero-order valence-corrected chi connectivity index (χ0v) is 5.46. The van der Waals surface area contributed by atoms with Gasteiger partial charge in [0.05, 0.1) is 0 Å². The van der Waals surface area contributed by atoms with E-state index in [-0.39, 0.29) is 10.1 Å². The number of hydrogen-bond acceptors (Lipinski definition) is 1. The van der Waals surface area contributed by atoms with Crippen LogP contribution in [0.1, 0.15) is 0 Å². The molecule has 0 unspecified atom stereocenters. The van der Waals surface area contributed by atoms with Crippen LogP contribution in [0.4, 0.5) is 13.2 Å². The molecule has 0 amide bonds. The predicted octanol–water partition coefficient (Wildman–Crippen LogP) is 1.32. The molecule has 0 saturated carbocycles. The van der Waals surface area contributed by atoms with Crippen molar-refractivity contribution >= 4 is 25.5 Å². The Hall–Kier alpha value is 0.683. The van der Waals surface area contributed by atoms with Crippen molar-refractivity contribution < 1.29 is 13.2 Å². The van der Waals surface area contributed by atoms with Crippen LogP contribution in [-0.2, 0) is 0 Å². The molecule has 0 rings (SSSR count). The quantitative estimate of drug-likeness (QED) is 0.498. The molecule has 0 aromatic carbocycles. The van der Waals surface area contributed by atoms with Crippen LogP contribution in [0, 0.1) is 0 Å². The Balaban J connectivity index is 3.17. The van der Waals surface area contributed by atoms with Crippen LogP contribution in [0.2, 0.25) is 0 Å². The molecule has 0 N–H and O–H groups in total. The van der Waals surface area contributed by atoms with E-state index < -0.39 is 5.51 Å². The van der Waals surface area contributed by atoms with Crippen molar-refractivity contribution in [1.82, 2.24) is 0 Å². The van der Waals surface area contributed by atoms with E-state index in [0.717, 1.165) is 15.4 Å². The summed E-state index contributed by atoms with van der Waals surface area (Å²) in [6, 6.07) is 0. The van der Waals surface area contributed by atoms with Crippen molar-refractivity contribution in [2.75, 3.05) is 0 Å². The molecular formula is CF3GeS. The summed E-state index contributed by atoms with van der Waals surface area (Å²) in [5.41, 5.74) is -4.04. The van der Waals surface area contributed by atoms with Crippen LogP contribution in [0.5, 0.6) is 0 Å². The average molecular weight is 174 g/mol. The number of halogens is 3. The Morgan fingerprint density at radius 1 is 1.33 bits per heavy atom. The predicted molar refractivity (Wildman–Crippen MR) is 19.4 cm³/mol. The first-order valence-corrected chi connectivity index (χ1v) is 4.36. The second-order valence-electron chi connectivity index (χ2n) is 0.548. The third-order valence-electron chi connectivity index (χ3n) is 0.116. The minimum absolute atomic E-state index is 0.118. The van der Waals surface area contributed by atoms with E-state index in [1.54, 1.807) is 0 Å². The summed E-state index contributed by atoms with van der Waals surface area (Å²) >= 11 is 1.00. The van der Waals surface area contributed by atoms with E-state index in [4.69, 9.17) is 0 Å². The third kappa shape index (κ3) is 4.68. The van der Waals surface area contributed by atoms with Gasteiger partial charge in [0, 0.05) is 0 Å². The van der Waals surface area contributed by atoms with Gasteiger partial charge in [-0.2, -0.15) is 0 Å². The van der Waals surface area contributed by atoms with Crippen LogP contribution in [0.25, 0.3) is 0 Å². The van der Waals surface area contributed by atoms with Gasteiger partial charge in [0.2, 0.25) is 0 Å². The van der Waals surface area contributed by atoms with Crippen molar-refractivity contribution in [2.45, 2.75) is 5.51 Å². The van der Waals surface area contributed by atoms with Crippen molar-refractivity contribution in [2.24, 2.45) is 0 Å². The zero-order valence-electron chi connectivity index (χ0n) is 2.54. The molecule has 0 atom stereocenters.